The largest absolute Gasteiger partial charge is 0.324 e. The number of benzene rings is 1. The third kappa shape index (κ3) is 1.53. The van der Waals surface area contributed by atoms with Gasteiger partial charge in [-0.05, 0) is 36.6 Å². The summed E-state index contributed by atoms with van der Waals surface area (Å²) in [5.41, 5.74) is 2.69. The summed E-state index contributed by atoms with van der Waals surface area (Å²) in [5.74, 6) is 0.138. The Morgan fingerprint density at radius 3 is 3.00 bits per heavy atom. The fourth-order valence-electron chi connectivity index (χ4n) is 2.75. The molecule has 90 valence electrons. The molecule has 0 N–H and O–H groups in total. The molecule has 0 amide bonds. The Labute approximate surface area is 110 Å². The zero-order valence-electron chi connectivity index (χ0n) is 9.74. The van der Waals surface area contributed by atoms with Crippen LogP contribution in [0, 0.1) is 11.3 Å². The van der Waals surface area contributed by atoms with Crippen molar-refractivity contribution >= 4 is 28.3 Å². The standard InChI is InChI=1S/C14H11ClN2O/c15-9-4-5-12-11(8-9)10-2-1-3-13(18)14(10)17(12)7-6-16/h4-5,8H,1-3,7H2. The zero-order valence-corrected chi connectivity index (χ0v) is 10.5. The molecule has 2 aromatic rings. The molecule has 1 aliphatic rings. The lowest BCUT2D eigenvalue weighted by atomic mass is 9.94. The molecular formula is C14H11ClN2O. The van der Waals surface area contributed by atoms with Crippen molar-refractivity contribution in [2.45, 2.75) is 25.8 Å². The Morgan fingerprint density at radius 1 is 1.39 bits per heavy atom. The average molecular weight is 259 g/mol. The Balaban J connectivity index is 2.40. The zero-order chi connectivity index (χ0) is 12.7. The lowest BCUT2D eigenvalue weighted by Crippen LogP contribution is -2.15. The van der Waals surface area contributed by atoms with Gasteiger partial charge >= 0.3 is 0 Å². The second-order valence-electron chi connectivity index (χ2n) is 4.51. The summed E-state index contributed by atoms with van der Waals surface area (Å²) >= 11 is 6.02. The number of hydrogen-bond donors (Lipinski definition) is 0. The van der Waals surface area contributed by atoms with Crippen molar-refractivity contribution in [2.75, 3.05) is 0 Å². The van der Waals surface area contributed by atoms with E-state index in [1.165, 1.54) is 0 Å². The predicted molar refractivity (Wildman–Crippen MR) is 69.8 cm³/mol. The van der Waals surface area contributed by atoms with Crippen LogP contribution in [0.3, 0.4) is 0 Å². The smallest absolute Gasteiger partial charge is 0.179 e. The van der Waals surface area contributed by atoms with E-state index < -0.39 is 0 Å². The molecule has 1 aromatic carbocycles. The Hall–Kier alpha value is -1.79. The molecule has 1 heterocycles. The van der Waals surface area contributed by atoms with Crippen LogP contribution in [-0.2, 0) is 13.0 Å². The van der Waals surface area contributed by atoms with E-state index in [4.69, 9.17) is 16.9 Å². The molecule has 1 aromatic heterocycles. The van der Waals surface area contributed by atoms with Crippen LogP contribution >= 0.6 is 11.6 Å². The van der Waals surface area contributed by atoms with Crippen LogP contribution in [0.2, 0.25) is 5.02 Å². The molecule has 0 saturated heterocycles. The molecule has 3 nitrogen and oxygen atoms in total. The molecule has 0 fully saturated rings. The van der Waals surface area contributed by atoms with Gasteiger partial charge in [-0.3, -0.25) is 4.79 Å². The van der Waals surface area contributed by atoms with Crippen molar-refractivity contribution in [3.05, 3.63) is 34.5 Å². The van der Waals surface area contributed by atoms with Crippen LogP contribution in [0.15, 0.2) is 18.2 Å². The maximum Gasteiger partial charge on any atom is 0.179 e. The van der Waals surface area contributed by atoms with Crippen LogP contribution in [0.4, 0.5) is 0 Å². The first-order valence-corrected chi connectivity index (χ1v) is 6.31. The minimum atomic E-state index is 0.138. The monoisotopic (exact) mass is 258 g/mol. The molecule has 0 unspecified atom stereocenters. The van der Waals surface area contributed by atoms with Crippen molar-refractivity contribution in [1.29, 1.82) is 5.26 Å². The summed E-state index contributed by atoms with van der Waals surface area (Å²) in [7, 11) is 0. The fourth-order valence-corrected chi connectivity index (χ4v) is 2.92. The summed E-state index contributed by atoms with van der Waals surface area (Å²) in [6, 6.07) is 7.71. The minimum Gasteiger partial charge on any atom is -0.324 e. The third-order valence-electron chi connectivity index (χ3n) is 3.45. The Morgan fingerprint density at radius 2 is 2.22 bits per heavy atom. The molecule has 0 atom stereocenters. The van der Waals surface area contributed by atoms with E-state index in [0.717, 1.165) is 29.3 Å². The van der Waals surface area contributed by atoms with E-state index in [0.29, 0.717) is 17.1 Å². The number of ketones is 1. The topological polar surface area (TPSA) is 45.8 Å². The lowest BCUT2D eigenvalue weighted by Gasteiger charge is -2.12. The number of nitriles is 1. The molecule has 0 saturated carbocycles. The fraction of sp³-hybridized carbons (Fsp3) is 0.286. The van der Waals surface area contributed by atoms with E-state index in [-0.39, 0.29) is 12.3 Å². The summed E-state index contributed by atoms with van der Waals surface area (Å²) in [5, 5.41) is 10.6. The second kappa shape index (κ2) is 4.15. The van der Waals surface area contributed by atoms with E-state index in [9.17, 15) is 4.79 Å². The Kier molecular flexibility index (Phi) is 2.61. The summed E-state index contributed by atoms with van der Waals surface area (Å²) in [6.07, 6.45) is 2.34. The molecular weight excluding hydrogens is 248 g/mol. The molecule has 18 heavy (non-hydrogen) atoms. The van der Waals surface area contributed by atoms with Gasteiger partial charge in [-0.1, -0.05) is 11.6 Å². The number of aromatic nitrogens is 1. The number of carbonyl (C=O) groups excluding carboxylic acids is 1. The highest BCUT2D eigenvalue weighted by Crippen LogP contribution is 2.33. The number of carbonyl (C=O) groups is 1. The van der Waals surface area contributed by atoms with Gasteiger partial charge in [0.15, 0.2) is 5.78 Å². The van der Waals surface area contributed by atoms with Crippen molar-refractivity contribution in [3.63, 3.8) is 0 Å². The first kappa shape index (κ1) is 11.3. The van der Waals surface area contributed by atoms with Crippen molar-refractivity contribution in [2.24, 2.45) is 0 Å². The second-order valence-corrected chi connectivity index (χ2v) is 4.95. The summed E-state index contributed by atoms with van der Waals surface area (Å²) in [4.78, 5) is 12.1. The summed E-state index contributed by atoms with van der Waals surface area (Å²) in [6.45, 7) is 0.208. The molecule has 4 heteroatoms. The number of rotatable bonds is 1. The SMILES string of the molecule is N#CCn1c2c(c3cc(Cl)ccc31)CCCC2=O. The normalized spacial score (nSPS) is 14.6. The molecule has 0 spiro atoms. The minimum absolute atomic E-state index is 0.138. The molecule has 0 radical (unpaired) electrons. The number of hydrogen-bond acceptors (Lipinski definition) is 2. The van der Waals surface area contributed by atoms with Gasteiger partial charge in [0, 0.05) is 22.3 Å². The maximum atomic E-state index is 12.1. The molecule has 1 aliphatic carbocycles. The van der Waals surface area contributed by atoms with Crippen molar-refractivity contribution < 1.29 is 4.79 Å². The highest BCUT2D eigenvalue weighted by atomic mass is 35.5. The van der Waals surface area contributed by atoms with Gasteiger partial charge in [-0.15, -0.1) is 0 Å². The van der Waals surface area contributed by atoms with E-state index >= 15 is 0 Å². The van der Waals surface area contributed by atoms with E-state index in [1.807, 2.05) is 16.7 Å². The van der Waals surface area contributed by atoms with Gasteiger partial charge in [0.05, 0.1) is 11.8 Å². The van der Waals surface area contributed by atoms with Gasteiger partial charge in [-0.25, -0.2) is 0 Å². The quantitative estimate of drug-likeness (QED) is 0.788. The highest BCUT2D eigenvalue weighted by Gasteiger charge is 2.25. The van der Waals surface area contributed by atoms with Crippen LogP contribution in [-0.4, -0.2) is 10.4 Å². The van der Waals surface area contributed by atoms with Gasteiger partial charge in [0.1, 0.15) is 6.54 Å². The Bertz CT molecular complexity index is 694. The maximum absolute atomic E-state index is 12.1. The average Bonchev–Trinajstić information content (AvgIpc) is 2.66. The molecule has 3 rings (SSSR count). The van der Waals surface area contributed by atoms with Crippen molar-refractivity contribution in [3.8, 4) is 6.07 Å². The molecule has 0 bridgehead atoms. The number of fused-ring (bicyclic) bond motifs is 3. The molecule has 0 aliphatic heterocycles. The number of Topliss-reactive ketones (excluding diaryl/α,β-unsaturated/α-hetero) is 1. The number of aryl methyl sites for hydroxylation is 1. The van der Waals surface area contributed by atoms with E-state index in [2.05, 4.69) is 6.07 Å². The van der Waals surface area contributed by atoms with Crippen LogP contribution in [0.25, 0.3) is 10.9 Å². The van der Waals surface area contributed by atoms with Crippen LogP contribution in [0.5, 0.6) is 0 Å². The van der Waals surface area contributed by atoms with Crippen molar-refractivity contribution in [1.82, 2.24) is 4.57 Å². The number of halogens is 1. The predicted octanol–water partition coefficient (Wildman–Crippen LogP) is 3.34. The first-order chi connectivity index (χ1) is 8.72. The van der Waals surface area contributed by atoms with Gasteiger partial charge in [0.2, 0.25) is 0 Å². The third-order valence-corrected chi connectivity index (χ3v) is 3.69. The van der Waals surface area contributed by atoms with Gasteiger partial charge in [-0.2, -0.15) is 5.26 Å². The first-order valence-electron chi connectivity index (χ1n) is 5.93. The highest BCUT2D eigenvalue weighted by molar-refractivity contribution is 6.31. The summed E-state index contributed by atoms with van der Waals surface area (Å²) < 4.78 is 1.82. The van der Waals surface area contributed by atoms with Crippen LogP contribution in [0.1, 0.15) is 28.9 Å². The van der Waals surface area contributed by atoms with Crippen LogP contribution < -0.4 is 0 Å². The van der Waals surface area contributed by atoms with E-state index in [1.54, 1.807) is 6.07 Å². The van der Waals surface area contributed by atoms with Gasteiger partial charge in [0.25, 0.3) is 0 Å². The number of nitrogens with zero attached hydrogens (tertiary/aromatic N) is 2. The van der Waals surface area contributed by atoms with Gasteiger partial charge < -0.3 is 4.57 Å². The lowest BCUT2D eigenvalue weighted by molar-refractivity contribution is 0.0964.